The summed E-state index contributed by atoms with van der Waals surface area (Å²) in [5.74, 6) is 1.56. The van der Waals surface area contributed by atoms with Crippen LogP contribution in [0.1, 0.15) is 31.4 Å². The molecule has 1 heterocycles. The van der Waals surface area contributed by atoms with Gasteiger partial charge < -0.3 is 10.5 Å². The van der Waals surface area contributed by atoms with Gasteiger partial charge in [0.2, 0.25) is 5.88 Å². The van der Waals surface area contributed by atoms with Crippen molar-refractivity contribution in [1.29, 1.82) is 5.26 Å². The first-order valence-corrected chi connectivity index (χ1v) is 6.38. The predicted octanol–water partition coefficient (Wildman–Crippen LogP) is 1.49. The molecule has 0 amide bonds. The predicted molar refractivity (Wildman–Crippen MR) is 66.7 cm³/mol. The molecule has 0 spiro atoms. The third-order valence-electron chi connectivity index (χ3n) is 3.56. The van der Waals surface area contributed by atoms with Crippen LogP contribution in [0.25, 0.3) is 0 Å². The molecule has 0 saturated heterocycles. The molecule has 1 aromatic heterocycles. The molecule has 1 saturated carbocycles. The Labute approximate surface area is 107 Å². The van der Waals surface area contributed by atoms with Gasteiger partial charge >= 0.3 is 0 Å². The summed E-state index contributed by atoms with van der Waals surface area (Å²) in [4.78, 5) is 7.97. The van der Waals surface area contributed by atoms with Crippen molar-refractivity contribution in [3.05, 3.63) is 18.1 Å². The quantitative estimate of drug-likeness (QED) is 0.870. The lowest BCUT2D eigenvalue weighted by molar-refractivity contribution is 0.149. The van der Waals surface area contributed by atoms with Crippen LogP contribution in [-0.2, 0) is 0 Å². The number of nitriles is 1. The van der Waals surface area contributed by atoms with E-state index in [-0.39, 0.29) is 0 Å². The zero-order valence-electron chi connectivity index (χ0n) is 10.4. The second-order valence-corrected chi connectivity index (χ2v) is 4.70. The highest BCUT2D eigenvalue weighted by Gasteiger charge is 2.24. The molecule has 0 bridgehead atoms. The summed E-state index contributed by atoms with van der Waals surface area (Å²) in [5, 5.41) is 8.62. The largest absolute Gasteiger partial charge is 0.476 e. The zero-order valence-corrected chi connectivity index (χ0v) is 10.4. The highest BCUT2D eigenvalue weighted by Crippen LogP contribution is 2.29. The number of nitrogens with two attached hydrogens (primary N) is 1. The lowest BCUT2D eigenvalue weighted by Crippen LogP contribution is -2.30. The lowest BCUT2D eigenvalue weighted by Gasteiger charge is -2.30. The molecule has 1 aliphatic carbocycles. The number of hydrogen-bond donors (Lipinski definition) is 1. The summed E-state index contributed by atoms with van der Waals surface area (Å²) >= 11 is 0. The van der Waals surface area contributed by atoms with Gasteiger partial charge in [0.25, 0.3) is 0 Å². The maximum Gasteiger partial charge on any atom is 0.232 e. The molecule has 1 fully saturated rings. The Morgan fingerprint density at radius 2 is 2.06 bits per heavy atom. The lowest BCUT2D eigenvalue weighted by atomic mass is 9.80. The second-order valence-electron chi connectivity index (χ2n) is 4.70. The van der Waals surface area contributed by atoms with Crippen LogP contribution in [-0.4, -0.2) is 23.1 Å². The summed E-state index contributed by atoms with van der Waals surface area (Å²) in [7, 11) is 0. The van der Waals surface area contributed by atoms with Crippen LogP contribution in [0.15, 0.2) is 12.4 Å². The van der Waals surface area contributed by atoms with Crippen LogP contribution in [0.3, 0.4) is 0 Å². The number of ether oxygens (including phenoxy) is 1. The maximum atomic E-state index is 8.62. The summed E-state index contributed by atoms with van der Waals surface area (Å²) in [6, 6.07) is 1.93. The van der Waals surface area contributed by atoms with Crippen molar-refractivity contribution in [3.63, 3.8) is 0 Å². The third-order valence-corrected chi connectivity index (χ3v) is 3.56. The normalized spacial score (nSPS) is 23.3. The van der Waals surface area contributed by atoms with E-state index in [2.05, 4.69) is 9.97 Å². The Kier molecular flexibility index (Phi) is 4.48. The number of hydrogen-bond acceptors (Lipinski definition) is 5. The molecule has 0 aliphatic heterocycles. The van der Waals surface area contributed by atoms with Gasteiger partial charge in [-0.05, 0) is 31.2 Å². The van der Waals surface area contributed by atoms with E-state index in [1.165, 1.54) is 38.1 Å². The van der Waals surface area contributed by atoms with Gasteiger partial charge in [0, 0.05) is 0 Å². The van der Waals surface area contributed by atoms with E-state index in [0.29, 0.717) is 30.0 Å². The highest BCUT2D eigenvalue weighted by molar-refractivity contribution is 5.18. The van der Waals surface area contributed by atoms with E-state index >= 15 is 0 Å². The highest BCUT2D eigenvalue weighted by atomic mass is 16.5. The molecule has 96 valence electrons. The van der Waals surface area contributed by atoms with Gasteiger partial charge in [-0.3, -0.25) is 0 Å². The fourth-order valence-electron chi connectivity index (χ4n) is 2.46. The average Bonchev–Trinajstić information content (AvgIpc) is 2.46. The van der Waals surface area contributed by atoms with Crippen LogP contribution < -0.4 is 10.5 Å². The van der Waals surface area contributed by atoms with Gasteiger partial charge in [-0.1, -0.05) is 12.8 Å². The average molecular weight is 246 g/mol. The van der Waals surface area contributed by atoms with E-state index in [1.54, 1.807) is 0 Å². The first kappa shape index (κ1) is 12.8. The smallest absolute Gasteiger partial charge is 0.232 e. The molecule has 1 aliphatic rings. The SMILES string of the molecule is N#Cc1cnc(OCC2CCCCC2CN)cn1. The molecule has 2 N–H and O–H groups in total. The Bertz CT molecular complexity index is 412. The summed E-state index contributed by atoms with van der Waals surface area (Å²) in [5.41, 5.74) is 6.09. The molecule has 5 nitrogen and oxygen atoms in total. The first-order chi connectivity index (χ1) is 8.83. The monoisotopic (exact) mass is 246 g/mol. The van der Waals surface area contributed by atoms with Gasteiger partial charge in [-0.15, -0.1) is 0 Å². The third kappa shape index (κ3) is 3.17. The van der Waals surface area contributed by atoms with Crippen molar-refractivity contribution in [2.24, 2.45) is 17.6 Å². The second kappa shape index (κ2) is 6.31. The Hall–Kier alpha value is -1.67. The summed E-state index contributed by atoms with van der Waals surface area (Å²) in [6.45, 7) is 1.37. The molecule has 0 aromatic carbocycles. The van der Waals surface area contributed by atoms with E-state index in [0.717, 1.165) is 6.54 Å². The van der Waals surface area contributed by atoms with Crippen molar-refractivity contribution < 1.29 is 4.74 Å². The fraction of sp³-hybridized carbons (Fsp3) is 0.615. The zero-order chi connectivity index (χ0) is 12.8. The van der Waals surface area contributed by atoms with Crippen molar-refractivity contribution in [3.8, 4) is 11.9 Å². The minimum absolute atomic E-state index is 0.305. The molecule has 1 aromatic rings. The molecule has 2 unspecified atom stereocenters. The van der Waals surface area contributed by atoms with Gasteiger partial charge in [-0.25, -0.2) is 9.97 Å². The number of nitrogens with zero attached hydrogens (tertiary/aromatic N) is 3. The summed E-state index contributed by atoms with van der Waals surface area (Å²) in [6.07, 6.45) is 7.82. The minimum atomic E-state index is 0.305. The molecular formula is C13H18N4O. The van der Waals surface area contributed by atoms with Crippen molar-refractivity contribution in [2.75, 3.05) is 13.2 Å². The van der Waals surface area contributed by atoms with E-state index in [1.807, 2.05) is 6.07 Å². The Morgan fingerprint density at radius 3 is 2.67 bits per heavy atom. The van der Waals surface area contributed by atoms with Crippen LogP contribution >= 0.6 is 0 Å². The van der Waals surface area contributed by atoms with Crippen LogP contribution in [0.2, 0.25) is 0 Å². The molecule has 5 heteroatoms. The van der Waals surface area contributed by atoms with Gasteiger partial charge in [0.05, 0.1) is 19.0 Å². The molecule has 2 atom stereocenters. The van der Waals surface area contributed by atoms with Crippen molar-refractivity contribution in [2.45, 2.75) is 25.7 Å². The molecule has 0 radical (unpaired) electrons. The minimum Gasteiger partial charge on any atom is -0.476 e. The van der Waals surface area contributed by atoms with Gasteiger partial charge in [0.15, 0.2) is 5.69 Å². The fourth-order valence-corrected chi connectivity index (χ4v) is 2.46. The maximum absolute atomic E-state index is 8.62. The number of rotatable bonds is 4. The molecular weight excluding hydrogens is 228 g/mol. The van der Waals surface area contributed by atoms with Crippen molar-refractivity contribution >= 4 is 0 Å². The van der Waals surface area contributed by atoms with Crippen molar-refractivity contribution in [1.82, 2.24) is 9.97 Å². The van der Waals surface area contributed by atoms with Gasteiger partial charge in [-0.2, -0.15) is 5.26 Å². The summed E-state index contributed by atoms with van der Waals surface area (Å²) < 4.78 is 5.64. The topological polar surface area (TPSA) is 84.8 Å². The standard InChI is InChI=1S/C13H18N4O/c14-5-10-3-1-2-4-11(10)9-18-13-8-16-12(6-15)7-17-13/h7-8,10-11H,1-5,9,14H2. The van der Waals surface area contributed by atoms with Gasteiger partial charge in [0.1, 0.15) is 6.07 Å². The van der Waals surface area contributed by atoms with Crippen LogP contribution in [0.5, 0.6) is 5.88 Å². The Balaban J connectivity index is 1.87. The van der Waals surface area contributed by atoms with E-state index in [4.69, 9.17) is 15.7 Å². The molecule has 18 heavy (non-hydrogen) atoms. The van der Waals surface area contributed by atoms with E-state index < -0.39 is 0 Å². The number of aromatic nitrogens is 2. The molecule has 2 rings (SSSR count). The van der Waals surface area contributed by atoms with Crippen LogP contribution in [0, 0.1) is 23.2 Å². The van der Waals surface area contributed by atoms with Crippen LogP contribution in [0.4, 0.5) is 0 Å². The van der Waals surface area contributed by atoms with E-state index in [9.17, 15) is 0 Å². The Morgan fingerprint density at radius 1 is 1.28 bits per heavy atom. The first-order valence-electron chi connectivity index (χ1n) is 6.38.